The fraction of sp³-hybridized carbons (Fsp3) is 0.368. The Hall–Kier alpha value is -3.36. The number of rotatable bonds is 8. The zero-order chi connectivity index (χ0) is 20.1. The van der Waals surface area contributed by atoms with Gasteiger partial charge in [-0.1, -0.05) is 5.10 Å². The van der Waals surface area contributed by atoms with E-state index in [-0.39, 0.29) is 17.9 Å². The highest BCUT2D eigenvalue weighted by molar-refractivity contribution is 6.03. The molecule has 0 saturated carbocycles. The molecule has 148 valence electrons. The molecule has 1 amide bonds. The van der Waals surface area contributed by atoms with Crippen molar-refractivity contribution in [2.75, 3.05) is 18.5 Å². The summed E-state index contributed by atoms with van der Waals surface area (Å²) in [7, 11) is 0. The van der Waals surface area contributed by atoms with Crippen molar-refractivity contribution in [1.82, 2.24) is 20.0 Å². The maximum absolute atomic E-state index is 12.5. The van der Waals surface area contributed by atoms with Gasteiger partial charge in [0.05, 0.1) is 13.2 Å². The van der Waals surface area contributed by atoms with Crippen molar-refractivity contribution < 1.29 is 18.7 Å². The molecule has 0 saturated heterocycles. The molecule has 0 aliphatic heterocycles. The second kappa shape index (κ2) is 8.55. The highest BCUT2D eigenvalue weighted by atomic mass is 16.5. The van der Waals surface area contributed by atoms with Crippen LogP contribution in [0.25, 0.3) is 11.6 Å². The number of nitrogens with one attached hydrogen (secondary N) is 1. The molecule has 3 aromatic rings. The monoisotopic (exact) mass is 385 g/mol. The number of hydrogen-bond acceptors (Lipinski definition) is 7. The van der Waals surface area contributed by atoms with Gasteiger partial charge in [0.2, 0.25) is 0 Å². The second-order valence-corrected chi connectivity index (χ2v) is 6.17. The summed E-state index contributed by atoms with van der Waals surface area (Å²) in [6.07, 6.45) is 1.83. The predicted molar refractivity (Wildman–Crippen MR) is 103 cm³/mol. The van der Waals surface area contributed by atoms with E-state index in [1.807, 2.05) is 33.9 Å². The van der Waals surface area contributed by atoms with E-state index in [1.165, 1.54) is 0 Å². The van der Waals surface area contributed by atoms with E-state index in [1.54, 1.807) is 28.9 Å². The molecule has 9 heteroatoms. The topological polar surface area (TPSA) is 104 Å². The number of ether oxygens (including phenoxy) is 2. The molecule has 3 rings (SSSR count). The fourth-order valence-electron chi connectivity index (χ4n) is 2.48. The van der Waals surface area contributed by atoms with Crippen LogP contribution < -0.4 is 14.8 Å². The zero-order valence-corrected chi connectivity index (χ0v) is 16.3. The number of benzene rings is 1. The second-order valence-electron chi connectivity index (χ2n) is 6.17. The SMILES string of the molecule is CCOc1ccc(C(=O)Nc2nnc(-c3ccn(C(C)C)n3)o2)cc1OCC. The van der Waals surface area contributed by atoms with Gasteiger partial charge in [-0.3, -0.25) is 14.8 Å². The number of nitrogens with zero attached hydrogens (tertiary/aromatic N) is 4. The lowest BCUT2D eigenvalue weighted by Gasteiger charge is -2.11. The number of amides is 1. The van der Waals surface area contributed by atoms with Crippen molar-refractivity contribution in [3.63, 3.8) is 0 Å². The Morgan fingerprint density at radius 2 is 1.89 bits per heavy atom. The van der Waals surface area contributed by atoms with Crippen LogP contribution in [0, 0.1) is 0 Å². The Bertz CT molecular complexity index is 947. The average Bonchev–Trinajstić information content (AvgIpc) is 3.33. The van der Waals surface area contributed by atoms with Crippen molar-refractivity contribution in [2.45, 2.75) is 33.7 Å². The van der Waals surface area contributed by atoms with E-state index >= 15 is 0 Å². The van der Waals surface area contributed by atoms with E-state index in [2.05, 4.69) is 20.6 Å². The minimum Gasteiger partial charge on any atom is -0.490 e. The van der Waals surface area contributed by atoms with Gasteiger partial charge in [-0.15, -0.1) is 5.10 Å². The Balaban J connectivity index is 1.74. The Morgan fingerprint density at radius 3 is 2.57 bits per heavy atom. The molecule has 2 aromatic heterocycles. The van der Waals surface area contributed by atoms with Crippen LogP contribution >= 0.6 is 0 Å². The van der Waals surface area contributed by atoms with Gasteiger partial charge in [0.15, 0.2) is 11.5 Å². The van der Waals surface area contributed by atoms with Gasteiger partial charge < -0.3 is 13.9 Å². The summed E-state index contributed by atoms with van der Waals surface area (Å²) in [5.41, 5.74) is 0.928. The molecule has 0 radical (unpaired) electrons. The van der Waals surface area contributed by atoms with Crippen LogP contribution in [0.3, 0.4) is 0 Å². The highest BCUT2D eigenvalue weighted by Crippen LogP contribution is 2.29. The number of carbonyl (C=O) groups excluding carboxylic acids is 1. The Labute approximate surface area is 162 Å². The van der Waals surface area contributed by atoms with E-state index in [0.29, 0.717) is 36.0 Å². The number of anilines is 1. The van der Waals surface area contributed by atoms with Crippen LogP contribution in [0.2, 0.25) is 0 Å². The molecule has 9 nitrogen and oxygen atoms in total. The molecule has 0 fully saturated rings. The summed E-state index contributed by atoms with van der Waals surface area (Å²) in [4.78, 5) is 12.5. The summed E-state index contributed by atoms with van der Waals surface area (Å²) < 4.78 is 18.3. The molecule has 0 unspecified atom stereocenters. The molecule has 2 heterocycles. The highest BCUT2D eigenvalue weighted by Gasteiger charge is 2.16. The fourth-order valence-corrected chi connectivity index (χ4v) is 2.48. The summed E-state index contributed by atoms with van der Waals surface area (Å²) >= 11 is 0. The molecular formula is C19H23N5O4. The van der Waals surface area contributed by atoms with E-state index in [4.69, 9.17) is 13.9 Å². The maximum Gasteiger partial charge on any atom is 0.322 e. The molecule has 0 bridgehead atoms. The normalized spacial score (nSPS) is 10.9. The van der Waals surface area contributed by atoms with Crippen LogP contribution in [0.4, 0.5) is 6.01 Å². The van der Waals surface area contributed by atoms with Crippen LogP contribution in [-0.4, -0.2) is 39.1 Å². The lowest BCUT2D eigenvalue weighted by atomic mass is 10.2. The van der Waals surface area contributed by atoms with Crippen LogP contribution in [-0.2, 0) is 0 Å². The van der Waals surface area contributed by atoms with Crippen LogP contribution in [0.5, 0.6) is 11.5 Å². The summed E-state index contributed by atoms with van der Waals surface area (Å²) in [5.74, 6) is 0.924. The van der Waals surface area contributed by atoms with Crippen LogP contribution in [0.15, 0.2) is 34.9 Å². The van der Waals surface area contributed by atoms with Crippen molar-refractivity contribution in [3.05, 3.63) is 36.0 Å². The van der Waals surface area contributed by atoms with E-state index in [0.717, 1.165) is 0 Å². The van der Waals surface area contributed by atoms with Gasteiger partial charge in [-0.05, 0) is 52.0 Å². The quantitative estimate of drug-likeness (QED) is 0.632. The number of hydrogen-bond donors (Lipinski definition) is 1. The van der Waals surface area contributed by atoms with E-state index in [9.17, 15) is 4.79 Å². The summed E-state index contributed by atoms with van der Waals surface area (Å²) in [6.45, 7) is 8.74. The van der Waals surface area contributed by atoms with Gasteiger partial charge >= 0.3 is 6.01 Å². The third-order valence-electron chi connectivity index (χ3n) is 3.81. The van der Waals surface area contributed by atoms with Crippen molar-refractivity contribution in [2.24, 2.45) is 0 Å². The molecule has 0 spiro atoms. The molecule has 0 atom stereocenters. The molecular weight excluding hydrogens is 362 g/mol. The number of aromatic nitrogens is 4. The van der Waals surface area contributed by atoms with Crippen molar-refractivity contribution >= 4 is 11.9 Å². The number of carbonyl (C=O) groups is 1. The Kier molecular flexibility index (Phi) is 5.93. The van der Waals surface area contributed by atoms with Gasteiger partial charge in [0.25, 0.3) is 11.8 Å². The first kappa shape index (κ1) is 19.4. The predicted octanol–water partition coefficient (Wildman–Crippen LogP) is 3.56. The molecule has 0 aliphatic carbocycles. The van der Waals surface area contributed by atoms with Crippen LogP contribution in [0.1, 0.15) is 44.1 Å². The first-order valence-corrected chi connectivity index (χ1v) is 9.11. The molecule has 1 N–H and O–H groups in total. The average molecular weight is 385 g/mol. The summed E-state index contributed by atoms with van der Waals surface area (Å²) in [6, 6.07) is 6.94. The minimum absolute atomic E-state index is 0.00839. The third kappa shape index (κ3) is 4.30. The maximum atomic E-state index is 12.5. The zero-order valence-electron chi connectivity index (χ0n) is 16.3. The lowest BCUT2D eigenvalue weighted by Crippen LogP contribution is -2.12. The third-order valence-corrected chi connectivity index (χ3v) is 3.81. The standard InChI is InChI=1S/C19H23N5O4/c1-5-26-15-8-7-13(11-16(15)27-6-2)17(25)20-19-22-21-18(28-19)14-9-10-24(23-14)12(3)4/h7-12H,5-6H2,1-4H3,(H,20,22,25). The largest absolute Gasteiger partial charge is 0.490 e. The Morgan fingerprint density at radius 1 is 1.14 bits per heavy atom. The molecule has 1 aromatic carbocycles. The molecule has 0 aliphatic rings. The smallest absolute Gasteiger partial charge is 0.322 e. The first-order chi connectivity index (χ1) is 13.5. The minimum atomic E-state index is -0.396. The van der Waals surface area contributed by atoms with Gasteiger partial charge in [0.1, 0.15) is 5.69 Å². The molecule has 28 heavy (non-hydrogen) atoms. The van der Waals surface area contributed by atoms with Gasteiger partial charge in [-0.25, -0.2) is 0 Å². The van der Waals surface area contributed by atoms with Crippen molar-refractivity contribution in [1.29, 1.82) is 0 Å². The first-order valence-electron chi connectivity index (χ1n) is 9.11. The lowest BCUT2D eigenvalue weighted by molar-refractivity contribution is 0.102. The van der Waals surface area contributed by atoms with Gasteiger partial charge in [-0.2, -0.15) is 5.10 Å². The van der Waals surface area contributed by atoms with E-state index < -0.39 is 5.91 Å². The van der Waals surface area contributed by atoms with Gasteiger partial charge in [0, 0.05) is 17.8 Å². The summed E-state index contributed by atoms with van der Waals surface area (Å²) in [5, 5.41) is 14.8. The van der Waals surface area contributed by atoms with Crippen molar-refractivity contribution in [3.8, 4) is 23.1 Å².